The van der Waals surface area contributed by atoms with E-state index in [1.165, 1.54) is 51.4 Å². The zero-order valence-corrected chi connectivity index (χ0v) is 21.7. The lowest BCUT2D eigenvalue weighted by Crippen LogP contribution is -2.75. The standard InChI is InChI=1S/C31H36N4O2/c1-37-28-11-5-9-26(32-28)29-30(36)34(27-10-3-2-8-25(27)33-29)23-15-21-6-4-7-22(16-23)35(21)31-17-19-12-13-24(31)20(14-19)18-31/h2-3,5,8-11,19-24H,4,6-7,12-18H2,1H3/t19-,20+,21-,22+,23?,24?,31-/m1/s1. The van der Waals surface area contributed by atoms with Gasteiger partial charge in [-0.25, -0.2) is 9.97 Å². The van der Waals surface area contributed by atoms with E-state index in [2.05, 4.69) is 20.5 Å². The van der Waals surface area contributed by atoms with Crippen molar-refractivity contribution in [1.82, 2.24) is 19.4 Å². The summed E-state index contributed by atoms with van der Waals surface area (Å²) in [4.78, 5) is 26.6. The molecule has 2 aliphatic heterocycles. The van der Waals surface area contributed by atoms with E-state index in [0.29, 0.717) is 34.9 Å². The quantitative estimate of drug-likeness (QED) is 0.470. The second kappa shape index (κ2) is 8.13. The Morgan fingerprint density at radius 2 is 1.73 bits per heavy atom. The number of hydrogen-bond donors (Lipinski definition) is 0. The number of hydrogen-bond acceptors (Lipinski definition) is 5. The molecule has 192 valence electrons. The lowest BCUT2D eigenvalue weighted by molar-refractivity contribution is -0.221. The van der Waals surface area contributed by atoms with Gasteiger partial charge in [-0.1, -0.05) is 31.0 Å². The summed E-state index contributed by atoms with van der Waals surface area (Å²) in [5.41, 5.74) is 3.28. The topological polar surface area (TPSA) is 60.2 Å². The number of methoxy groups -OCH3 is 1. The molecule has 0 radical (unpaired) electrons. The number of ether oxygens (including phenoxy) is 1. The van der Waals surface area contributed by atoms with Crippen molar-refractivity contribution in [3.05, 3.63) is 52.8 Å². The van der Waals surface area contributed by atoms with Gasteiger partial charge in [0.15, 0.2) is 5.69 Å². The molecule has 4 saturated carbocycles. The van der Waals surface area contributed by atoms with Gasteiger partial charge >= 0.3 is 0 Å². The molecule has 4 aliphatic carbocycles. The number of para-hydroxylation sites is 2. The van der Waals surface area contributed by atoms with Gasteiger partial charge in [0.1, 0.15) is 0 Å². The number of benzene rings is 1. The van der Waals surface area contributed by atoms with Crippen molar-refractivity contribution in [2.75, 3.05) is 7.11 Å². The second-order valence-corrected chi connectivity index (χ2v) is 12.5. The Bertz CT molecular complexity index is 1420. The highest BCUT2D eigenvalue weighted by atomic mass is 16.5. The summed E-state index contributed by atoms with van der Waals surface area (Å²) in [6, 6.07) is 15.1. The normalized spacial score (nSPS) is 36.4. The van der Waals surface area contributed by atoms with Crippen molar-refractivity contribution in [1.29, 1.82) is 0 Å². The lowest BCUT2D eigenvalue weighted by atomic mass is 9.42. The maximum Gasteiger partial charge on any atom is 0.279 e. The van der Waals surface area contributed by atoms with E-state index in [1.54, 1.807) is 7.11 Å². The Kier molecular flexibility index (Phi) is 4.90. The van der Waals surface area contributed by atoms with E-state index in [1.807, 2.05) is 36.4 Å². The van der Waals surface area contributed by atoms with Crippen LogP contribution in [0.3, 0.4) is 0 Å². The third-order valence-electron chi connectivity index (χ3n) is 10.8. The molecule has 2 saturated heterocycles. The highest BCUT2D eigenvalue weighted by Gasteiger charge is 2.65. The highest BCUT2D eigenvalue weighted by Crippen LogP contribution is 2.67. The predicted octanol–water partition coefficient (Wildman–Crippen LogP) is 5.60. The molecule has 3 aromatic rings. The second-order valence-electron chi connectivity index (χ2n) is 12.5. The van der Waals surface area contributed by atoms with Crippen LogP contribution in [0.15, 0.2) is 47.3 Å². The molecular formula is C31H36N4O2. The Hall–Kier alpha value is -2.73. The number of pyridine rings is 1. The first-order valence-corrected chi connectivity index (χ1v) is 14.5. The van der Waals surface area contributed by atoms with Crippen molar-refractivity contribution >= 4 is 11.0 Å². The van der Waals surface area contributed by atoms with Crippen molar-refractivity contribution in [2.45, 2.75) is 87.9 Å². The van der Waals surface area contributed by atoms with Crippen LogP contribution in [0.25, 0.3) is 22.4 Å². The summed E-state index contributed by atoms with van der Waals surface area (Å²) in [6.07, 6.45) is 13.3. The summed E-state index contributed by atoms with van der Waals surface area (Å²) < 4.78 is 7.44. The molecular weight excluding hydrogens is 460 g/mol. The Morgan fingerprint density at radius 1 is 0.892 bits per heavy atom. The van der Waals surface area contributed by atoms with Gasteiger partial charge in [0.2, 0.25) is 5.88 Å². The van der Waals surface area contributed by atoms with Crippen LogP contribution >= 0.6 is 0 Å². The number of piperidine rings is 2. The van der Waals surface area contributed by atoms with E-state index in [-0.39, 0.29) is 11.6 Å². The Morgan fingerprint density at radius 3 is 2.49 bits per heavy atom. The van der Waals surface area contributed by atoms with E-state index < -0.39 is 0 Å². The fourth-order valence-corrected chi connectivity index (χ4v) is 9.70. The van der Waals surface area contributed by atoms with Crippen molar-refractivity contribution < 1.29 is 4.74 Å². The molecule has 6 fully saturated rings. The molecule has 1 aromatic carbocycles. The molecule has 2 aromatic heterocycles. The van der Waals surface area contributed by atoms with Crippen LogP contribution in [0, 0.1) is 17.8 Å². The molecule has 6 bridgehead atoms. The molecule has 6 aliphatic rings. The van der Waals surface area contributed by atoms with Crippen LogP contribution in [0.4, 0.5) is 0 Å². The first-order chi connectivity index (χ1) is 18.1. The minimum absolute atomic E-state index is 0.0189. The van der Waals surface area contributed by atoms with Crippen LogP contribution in [0.2, 0.25) is 0 Å². The molecule has 37 heavy (non-hydrogen) atoms. The summed E-state index contributed by atoms with van der Waals surface area (Å²) in [7, 11) is 1.60. The van der Waals surface area contributed by atoms with Gasteiger partial charge in [-0.15, -0.1) is 0 Å². The first-order valence-electron chi connectivity index (χ1n) is 14.5. The number of rotatable bonds is 4. The highest BCUT2D eigenvalue weighted by molar-refractivity contribution is 5.77. The lowest BCUT2D eigenvalue weighted by Gasteiger charge is -2.73. The van der Waals surface area contributed by atoms with Gasteiger partial charge in [0, 0.05) is 29.7 Å². The molecule has 0 spiro atoms. The summed E-state index contributed by atoms with van der Waals surface area (Å²) in [5, 5.41) is 0. The van der Waals surface area contributed by atoms with Gasteiger partial charge in [-0.3, -0.25) is 9.69 Å². The van der Waals surface area contributed by atoms with Crippen LogP contribution in [-0.4, -0.2) is 44.2 Å². The average Bonchev–Trinajstić information content (AvgIpc) is 2.92. The van der Waals surface area contributed by atoms with Crippen molar-refractivity contribution in [3.63, 3.8) is 0 Å². The van der Waals surface area contributed by atoms with E-state index in [9.17, 15) is 4.79 Å². The van der Waals surface area contributed by atoms with Crippen LogP contribution in [0.5, 0.6) is 5.88 Å². The molecule has 7 atom stereocenters. The van der Waals surface area contributed by atoms with Gasteiger partial charge in [-0.2, -0.15) is 0 Å². The third-order valence-corrected chi connectivity index (χ3v) is 10.8. The first kappa shape index (κ1) is 22.3. The van der Waals surface area contributed by atoms with Gasteiger partial charge in [-0.05, 0) is 87.3 Å². The smallest absolute Gasteiger partial charge is 0.279 e. The molecule has 0 N–H and O–H groups in total. The predicted molar refractivity (Wildman–Crippen MR) is 144 cm³/mol. The minimum Gasteiger partial charge on any atom is -0.481 e. The zero-order chi connectivity index (χ0) is 24.7. The summed E-state index contributed by atoms with van der Waals surface area (Å²) in [6.45, 7) is 0. The number of fused-ring (bicyclic) bond motifs is 4. The van der Waals surface area contributed by atoms with Crippen molar-refractivity contribution in [2.24, 2.45) is 17.8 Å². The average molecular weight is 497 g/mol. The maximum absolute atomic E-state index is 14.2. The largest absolute Gasteiger partial charge is 0.481 e. The van der Waals surface area contributed by atoms with E-state index in [0.717, 1.165) is 41.6 Å². The maximum atomic E-state index is 14.2. The van der Waals surface area contributed by atoms with Crippen LogP contribution in [-0.2, 0) is 0 Å². The number of nitrogens with zero attached hydrogens (tertiary/aromatic N) is 4. The zero-order valence-electron chi connectivity index (χ0n) is 21.7. The van der Waals surface area contributed by atoms with Crippen LogP contribution < -0.4 is 10.3 Å². The molecule has 0 amide bonds. The molecule has 9 rings (SSSR count). The summed E-state index contributed by atoms with van der Waals surface area (Å²) in [5.74, 6) is 3.40. The van der Waals surface area contributed by atoms with Gasteiger partial charge in [0.05, 0.1) is 23.8 Å². The summed E-state index contributed by atoms with van der Waals surface area (Å²) >= 11 is 0. The number of aromatic nitrogens is 3. The fourth-order valence-electron chi connectivity index (χ4n) is 9.70. The van der Waals surface area contributed by atoms with E-state index >= 15 is 0 Å². The Labute approximate surface area is 218 Å². The molecule has 4 heterocycles. The monoisotopic (exact) mass is 496 g/mol. The third kappa shape index (κ3) is 3.17. The molecule has 6 nitrogen and oxygen atoms in total. The Balaban J connectivity index is 1.20. The molecule has 6 heteroatoms. The fraction of sp³-hybridized carbons (Fsp3) is 0.581. The SMILES string of the molecule is COc1cccc(-c2nc3ccccc3n(C3C[C@H]4CCC[C@@H](C3)N4[C@@]34C[C@@H]5CCC3[C@@H](C5)C4)c2=O)n1. The molecule has 2 unspecified atom stereocenters. The van der Waals surface area contributed by atoms with Gasteiger partial charge in [0.25, 0.3) is 5.56 Å². The minimum atomic E-state index is -0.0189. The van der Waals surface area contributed by atoms with E-state index in [4.69, 9.17) is 9.72 Å². The van der Waals surface area contributed by atoms with Gasteiger partial charge < -0.3 is 9.30 Å². The van der Waals surface area contributed by atoms with Crippen molar-refractivity contribution in [3.8, 4) is 17.3 Å². The van der Waals surface area contributed by atoms with Crippen LogP contribution in [0.1, 0.15) is 70.3 Å².